The van der Waals surface area contributed by atoms with Gasteiger partial charge >= 0.3 is 0 Å². The molecule has 3 nitrogen and oxygen atoms in total. The first-order chi connectivity index (χ1) is 9.33. The quantitative estimate of drug-likeness (QED) is 0.550. The smallest absolute Gasteiger partial charge is 0.162 e. The molecule has 0 atom stereocenters. The van der Waals surface area contributed by atoms with Gasteiger partial charge in [0.15, 0.2) is 11.5 Å². The van der Waals surface area contributed by atoms with Gasteiger partial charge < -0.3 is 9.47 Å². The maximum Gasteiger partial charge on any atom is 0.162 e. The molecule has 104 valence electrons. The van der Waals surface area contributed by atoms with Crippen molar-refractivity contribution in [1.29, 1.82) is 0 Å². The van der Waals surface area contributed by atoms with Crippen LogP contribution in [-0.2, 0) is 0 Å². The van der Waals surface area contributed by atoms with Crippen LogP contribution in [0, 0.1) is 0 Å². The molecular weight excluding hydrogens is 240 g/mol. The maximum atomic E-state index is 10.9. The first-order valence-electron chi connectivity index (χ1n) is 7.22. The normalized spacial score (nSPS) is 15.4. The molecule has 0 aliphatic heterocycles. The molecule has 19 heavy (non-hydrogen) atoms. The molecule has 0 spiro atoms. The van der Waals surface area contributed by atoms with Gasteiger partial charge in [0.05, 0.1) is 12.7 Å². The van der Waals surface area contributed by atoms with E-state index >= 15 is 0 Å². The van der Waals surface area contributed by atoms with E-state index < -0.39 is 0 Å². The van der Waals surface area contributed by atoms with Gasteiger partial charge in [0.25, 0.3) is 0 Å². The van der Waals surface area contributed by atoms with Gasteiger partial charge in [-0.15, -0.1) is 0 Å². The van der Waals surface area contributed by atoms with Gasteiger partial charge in [-0.05, 0) is 50.3 Å². The minimum atomic E-state index is 0.274. The first kappa shape index (κ1) is 13.9. The number of unbranched alkanes of at least 4 members (excludes halogenated alkanes) is 1. The van der Waals surface area contributed by atoms with Crippen LogP contribution in [0.25, 0.3) is 0 Å². The topological polar surface area (TPSA) is 35.5 Å². The van der Waals surface area contributed by atoms with Crippen molar-refractivity contribution in [3.05, 3.63) is 23.8 Å². The predicted octanol–water partition coefficient (Wildman–Crippen LogP) is 4.00. The molecule has 0 radical (unpaired) electrons. The van der Waals surface area contributed by atoms with E-state index in [0.717, 1.165) is 37.7 Å². The average Bonchev–Trinajstić information content (AvgIpc) is 2.93. The van der Waals surface area contributed by atoms with E-state index in [9.17, 15) is 4.79 Å². The number of hydrogen-bond acceptors (Lipinski definition) is 3. The van der Waals surface area contributed by atoms with E-state index in [0.29, 0.717) is 17.9 Å². The number of ether oxygens (including phenoxy) is 2. The van der Waals surface area contributed by atoms with Crippen LogP contribution in [-0.4, -0.2) is 19.0 Å². The predicted molar refractivity (Wildman–Crippen MR) is 75.1 cm³/mol. The summed E-state index contributed by atoms with van der Waals surface area (Å²) in [6, 6.07) is 5.39. The Labute approximate surface area is 114 Å². The SMILES string of the molecule is CCCCOc1ccc(C=O)cc1OC1CCCC1. The van der Waals surface area contributed by atoms with Crippen LogP contribution >= 0.6 is 0 Å². The molecule has 0 N–H and O–H groups in total. The van der Waals surface area contributed by atoms with Crippen LogP contribution in [0.1, 0.15) is 55.8 Å². The molecule has 1 fully saturated rings. The standard InChI is InChI=1S/C16H22O3/c1-2-3-10-18-15-9-8-13(12-17)11-16(15)19-14-6-4-5-7-14/h8-9,11-12,14H,2-7,10H2,1H3. The molecule has 0 bridgehead atoms. The molecule has 3 heteroatoms. The highest BCUT2D eigenvalue weighted by Crippen LogP contribution is 2.32. The number of hydrogen-bond donors (Lipinski definition) is 0. The zero-order valence-corrected chi connectivity index (χ0v) is 11.6. The third-order valence-electron chi connectivity index (χ3n) is 3.46. The minimum Gasteiger partial charge on any atom is -0.490 e. The van der Waals surface area contributed by atoms with Gasteiger partial charge in [-0.3, -0.25) is 4.79 Å². The molecule has 1 aliphatic rings. The molecule has 1 aliphatic carbocycles. The number of carbonyl (C=O) groups excluding carboxylic acids is 1. The van der Waals surface area contributed by atoms with E-state index in [4.69, 9.17) is 9.47 Å². The summed E-state index contributed by atoms with van der Waals surface area (Å²) in [6.07, 6.45) is 7.89. The summed E-state index contributed by atoms with van der Waals surface area (Å²) in [4.78, 5) is 10.9. The average molecular weight is 262 g/mol. The Morgan fingerprint density at radius 3 is 2.74 bits per heavy atom. The molecule has 0 aromatic heterocycles. The minimum absolute atomic E-state index is 0.274. The van der Waals surface area contributed by atoms with Crippen LogP contribution < -0.4 is 9.47 Å². The fraction of sp³-hybridized carbons (Fsp3) is 0.562. The van der Waals surface area contributed by atoms with Gasteiger partial charge in [-0.25, -0.2) is 0 Å². The fourth-order valence-corrected chi connectivity index (χ4v) is 2.32. The van der Waals surface area contributed by atoms with E-state index in [1.54, 1.807) is 12.1 Å². The van der Waals surface area contributed by atoms with Gasteiger partial charge in [0, 0.05) is 5.56 Å². The van der Waals surface area contributed by atoms with Gasteiger partial charge in [-0.1, -0.05) is 13.3 Å². The second-order valence-corrected chi connectivity index (χ2v) is 5.05. The highest BCUT2D eigenvalue weighted by molar-refractivity contribution is 5.76. The fourth-order valence-electron chi connectivity index (χ4n) is 2.32. The van der Waals surface area contributed by atoms with Crippen molar-refractivity contribution in [2.24, 2.45) is 0 Å². The van der Waals surface area contributed by atoms with E-state index in [2.05, 4.69) is 6.92 Å². The summed E-state index contributed by atoms with van der Waals surface area (Å²) >= 11 is 0. The maximum absolute atomic E-state index is 10.9. The van der Waals surface area contributed by atoms with Crippen LogP contribution in [0.15, 0.2) is 18.2 Å². The van der Waals surface area contributed by atoms with Crippen molar-refractivity contribution in [1.82, 2.24) is 0 Å². The van der Waals surface area contributed by atoms with Gasteiger partial charge in [-0.2, -0.15) is 0 Å². The summed E-state index contributed by atoms with van der Waals surface area (Å²) in [5.74, 6) is 1.47. The summed E-state index contributed by atoms with van der Waals surface area (Å²) in [7, 11) is 0. The third-order valence-corrected chi connectivity index (χ3v) is 3.46. The van der Waals surface area contributed by atoms with Crippen molar-refractivity contribution in [2.45, 2.75) is 51.6 Å². The van der Waals surface area contributed by atoms with Gasteiger partial charge in [0.1, 0.15) is 6.29 Å². The Bertz CT molecular complexity index is 408. The highest BCUT2D eigenvalue weighted by Gasteiger charge is 2.18. The van der Waals surface area contributed by atoms with E-state index in [1.807, 2.05) is 6.07 Å². The summed E-state index contributed by atoms with van der Waals surface area (Å²) in [5, 5.41) is 0. The lowest BCUT2D eigenvalue weighted by atomic mass is 10.2. The van der Waals surface area contributed by atoms with Gasteiger partial charge in [0.2, 0.25) is 0 Å². The Morgan fingerprint density at radius 2 is 2.05 bits per heavy atom. The van der Waals surface area contributed by atoms with Crippen LogP contribution in [0.2, 0.25) is 0 Å². The number of rotatable bonds is 7. The second-order valence-electron chi connectivity index (χ2n) is 5.05. The number of aldehydes is 1. The summed E-state index contributed by atoms with van der Waals surface area (Å²) in [6.45, 7) is 2.83. The van der Waals surface area contributed by atoms with Crippen LogP contribution in [0.4, 0.5) is 0 Å². The Morgan fingerprint density at radius 1 is 1.26 bits per heavy atom. The van der Waals surface area contributed by atoms with Crippen molar-refractivity contribution >= 4 is 6.29 Å². The van der Waals surface area contributed by atoms with Crippen molar-refractivity contribution < 1.29 is 14.3 Å². The molecule has 0 heterocycles. The van der Waals surface area contributed by atoms with E-state index in [1.165, 1.54) is 12.8 Å². The second kappa shape index (κ2) is 7.17. The number of benzene rings is 1. The van der Waals surface area contributed by atoms with Crippen molar-refractivity contribution in [2.75, 3.05) is 6.61 Å². The van der Waals surface area contributed by atoms with Crippen LogP contribution in [0.5, 0.6) is 11.5 Å². The molecule has 0 saturated heterocycles. The lowest BCUT2D eigenvalue weighted by molar-refractivity contribution is 0.112. The number of carbonyl (C=O) groups is 1. The zero-order chi connectivity index (χ0) is 13.5. The lowest BCUT2D eigenvalue weighted by Crippen LogP contribution is -2.12. The monoisotopic (exact) mass is 262 g/mol. The first-order valence-corrected chi connectivity index (χ1v) is 7.22. The molecule has 1 saturated carbocycles. The summed E-state index contributed by atoms with van der Waals surface area (Å²) in [5.41, 5.74) is 0.635. The zero-order valence-electron chi connectivity index (χ0n) is 11.6. The molecule has 0 amide bonds. The molecule has 1 aromatic carbocycles. The van der Waals surface area contributed by atoms with Crippen LogP contribution in [0.3, 0.4) is 0 Å². The largest absolute Gasteiger partial charge is 0.490 e. The Kier molecular flexibility index (Phi) is 5.25. The molecule has 2 rings (SSSR count). The highest BCUT2D eigenvalue weighted by atomic mass is 16.5. The van der Waals surface area contributed by atoms with Crippen molar-refractivity contribution in [3.63, 3.8) is 0 Å². The molecular formula is C16H22O3. The Balaban J connectivity index is 2.08. The van der Waals surface area contributed by atoms with E-state index in [-0.39, 0.29) is 6.10 Å². The third kappa shape index (κ3) is 3.98. The van der Waals surface area contributed by atoms with Crippen molar-refractivity contribution in [3.8, 4) is 11.5 Å². The molecule has 1 aromatic rings. The lowest BCUT2D eigenvalue weighted by Gasteiger charge is -2.17. The molecule has 0 unspecified atom stereocenters. The Hall–Kier alpha value is -1.51. The summed E-state index contributed by atoms with van der Waals surface area (Å²) < 4.78 is 11.7.